The zero-order valence-corrected chi connectivity index (χ0v) is 16.3. The SMILES string of the molecule is CN=C(NCc1nc(C(F)(F)F)cs1)NC(C)c1cccs1.I. The van der Waals surface area contributed by atoms with Gasteiger partial charge in [-0.1, -0.05) is 6.07 Å². The number of alkyl halides is 3. The van der Waals surface area contributed by atoms with Gasteiger partial charge in [0, 0.05) is 17.3 Å². The number of guanidine groups is 1. The molecule has 2 N–H and O–H groups in total. The van der Waals surface area contributed by atoms with E-state index in [1.54, 1.807) is 18.4 Å². The van der Waals surface area contributed by atoms with E-state index < -0.39 is 11.9 Å². The Morgan fingerprint density at radius 2 is 2.13 bits per heavy atom. The Hall–Kier alpha value is -0.880. The van der Waals surface area contributed by atoms with Gasteiger partial charge < -0.3 is 10.6 Å². The van der Waals surface area contributed by atoms with Gasteiger partial charge in [-0.3, -0.25) is 4.99 Å². The lowest BCUT2D eigenvalue weighted by Crippen LogP contribution is -2.38. The van der Waals surface area contributed by atoms with Crippen molar-refractivity contribution < 1.29 is 13.2 Å². The molecular weight excluding hydrogens is 460 g/mol. The fourth-order valence-electron chi connectivity index (χ4n) is 1.69. The Morgan fingerprint density at radius 3 is 2.65 bits per heavy atom. The van der Waals surface area contributed by atoms with Crippen LogP contribution in [0, 0.1) is 0 Å². The summed E-state index contributed by atoms with van der Waals surface area (Å²) >= 11 is 2.59. The van der Waals surface area contributed by atoms with E-state index >= 15 is 0 Å². The second-order valence-corrected chi connectivity index (χ2v) is 6.35. The van der Waals surface area contributed by atoms with Crippen LogP contribution in [0.25, 0.3) is 0 Å². The van der Waals surface area contributed by atoms with Crippen molar-refractivity contribution in [1.82, 2.24) is 15.6 Å². The topological polar surface area (TPSA) is 49.3 Å². The van der Waals surface area contributed by atoms with Crippen molar-refractivity contribution in [3.8, 4) is 0 Å². The summed E-state index contributed by atoms with van der Waals surface area (Å²) in [7, 11) is 1.61. The lowest BCUT2D eigenvalue weighted by Gasteiger charge is -2.16. The third kappa shape index (κ3) is 5.92. The molecule has 1 atom stereocenters. The lowest BCUT2D eigenvalue weighted by atomic mass is 10.3. The zero-order valence-electron chi connectivity index (χ0n) is 12.3. The summed E-state index contributed by atoms with van der Waals surface area (Å²) in [5.41, 5.74) is -0.857. The maximum absolute atomic E-state index is 12.5. The predicted molar refractivity (Wildman–Crippen MR) is 98.6 cm³/mol. The lowest BCUT2D eigenvalue weighted by molar-refractivity contribution is -0.140. The molecule has 0 bridgehead atoms. The molecule has 23 heavy (non-hydrogen) atoms. The third-order valence-electron chi connectivity index (χ3n) is 2.80. The highest BCUT2D eigenvalue weighted by Crippen LogP contribution is 2.29. The van der Waals surface area contributed by atoms with Crippen molar-refractivity contribution in [1.29, 1.82) is 0 Å². The summed E-state index contributed by atoms with van der Waals surface area (Å²) in [6, 6.07) is 4.03. The molecule has 0 fully saturated rings. The van der Waals surface area contributed by atoms with Gasteiger partial charge in [-0.2, -0.15) is 13.2 Å². The number of rotatable bonds is 4. The van der Waals surface area contributed by atoms with Crippen LogP contribution < -0.4 is 10.6 Å². The summed E-state index contributed by atoms with van der Waals surface area (Å²) in [6.45, 7) is 2.18. The van der Waals surface area contributed by atoms with Crippen LogP contribution in [0.1, 0.15) is 28.5 Å². The van der Waals surface area contributed by atoms with Crippen LogP contribution in [-0.2, 0) is 12.7 Å². The minimum Gasteiger partial charge on any atom is -0.350 e. The van der Waals surface area contributed by atoms with Gasteiger partial charge in [0.15, 0.2) is 11.7 Å². The van der Waals surface area contributed by atoms with Gasteiger partial charge in [-0.05, 0) is 18.4 Å². The third-order valence-corrected chi connectivity index (χ3v) is 4.70. The Bertz CT molecular complexity index is 625. The smallest absolute Gasteiger partial charge is 0.350 e. The number of aromatic nitrogens is 1. The molecular formula is C13H16F3IN4S2. The number of hydrogen-bond donors (Lipinski definition) is 2. The normalized spacial score (nSPS) is 13.3. The molecule has 0 aromatic carbocycles. The minimum absolute atomic E-state index is 0. The first-order chi connectivity index (χ1) is 10.4. The molecule has 2 rings (SSSR count). The van der Waals surface area contributed by atoms with Crippen molar-refractivity contribution >= 4 is 52.6 Å². The zero-order chi connectivity index (χ0) is 16.2. The van der Waals surface area contributed by atoms with Crippen molar-refractivity contribution in [2.24, 2.45) is 4.99 Å². The maximum Gasteiger partial charge on any atom is 0.434 e. The first-order valence-corrected chi connectivity index (χ1v) is 8.18. The fraction of sp³-hybridized carbons (Fsp3) is 0.385. The number of thiophene rings is 1. The Balaban J connectivity index is 0.00000264. The van der Waals surface area contributed by atoms with E-state index in [-0.39, 0.29) is 36.6 Å². The van der Waals surface area contributed by atoms with Crippen LogP contribution in [0.4, 0.5) is 13.2 Å². The van der Waals surface area contributed by atoms with Crippen LogP contribution in [0.15, 0.2) is 27.9 Å². The van der Waals surface area contributed by atoms with E-state index in [2.05, 4.69) is 20.6 Å². The van der Waals surface area contributed by atoms with Crippen LogP contribution in [0.3, 0.4) is 0 Å². The maximum atomic E-state index is 12.5. The summed E-state index contributed by atoms with van der Waals surface area (Å²) < 4.78 is 37.5. The minimum atomic E-state index is -4.40. The summed E-state index contributed by atoms with van der Waals surface area (Å²) in [4.78, 5) is 8.78. The van der Waals surface area contributed by atoms with Crippen molar-refractivity contribution in [2.45, 2.75) is 25.7 Å². The number of thiazole rings is 1. The Kier molecular flexibility index (Phi) is 7.74. The molecule has 0 amide bonds. The van der Waals surface area contributed by atoms with Crippen molar-refractivity contribution in [3.05, 3.63) is 38.5 Å². The Labute approximate surface area is 157 Å². The fourth-order valence-corrected chi connectivity index (χ4v) is 3.17. The van der Waals surface area contributed by atoms with Gasteiger partial charge in [0.1, 0.15) is 5.01 Å². The van der Waals surface area contributed by atoms with E-state index in [0.717, 1.165) is 21.6 Å². The number of halogens is 4. The second-order valence-electron chi connectivity index (χ2n) is 4.43. The molecule has 2 heterocycles. The molecule has 0 aliphatic heterocycles. The number of nitrogens with one attached hydrogen (secondary N) is 2. The predicted octanol–water partition coefficient (Wildman–Crippen LogP) is 4.27. The van der Waals surface area contributed by atoms with Crippen LogP contribution in [-0.4, -0.2) is 18.0 Å². The Morgan fingerprint density at radius 1 is 1.39 bits per heavy atom. The molecule has 2 aromatic rings. The molecule has 2 aromatic heterocycles. The van der Waals surface area contributed by atoms with Crippen LogP contribution in [0.5, 0.6) is 0 Å². The molecule has 10 heteroatoms. The highest BCUT2D eigenvalue weighted by molar-refractivity contribution is 14.0. The van der Waals surface area contributed by atoms with Crippen molar-refractivity contribution in [2.75, 3.05) is 7.05 Å². The molecule has 128 valence electrons. The highest BCUT2D eigenvalue weighted by atomic mass is 127. The first-order valence-electron chi connectivity index (χ1n) is 6.42. The average molecular weight is 476 g/mol. The van der Waals surface area contributed by atoms with E-state index in [4.69, 9.17) is 0 Å². The molecule has 0 saturated carbocycles. The molecule has 0 aliphatic carbocycles. The van der Waals surface area contributed by atoms with Gasteiger partial charge in [0.25, 0.3) is 0 Å². The summed E-state index contributed by atoms with van der Waals surface area (Å²) in [5, 5.41) is 9.51. The first kappa shape index (κ1) is 20.2. The van der Waals surface area contributed by atoms with E-state index in [9.17, 15) is 13.2 Å². The quantitative estimate of drug-likeness (QED) is 0.394. The number of hydrogen-bond acceptors (Lipinski definition) is 4. The largest absolute Gasteiger partial charge is 0.434 e. The van der Waals surface area contributed by atoms with Crippen LogP contribution in [0.2, 0.25) is 0 Å². The molecule has 0 radical (unpaired) electrons. The molecule has 0 saturated heterocycles. The molecule has 1 unspecified atom stereocenters. The second kappa shape index (κ2) is 8.83. The van der Waals surface area contributed by atoms with Gasteiger partial charge in [-0.15, -0.1) is 46.7 Å². The van der Waals surface area contributed by atoms with Crippen molar-refractivity contribution in [3.63, 3.8) is 0 Å². The highest BCUT2D eigenvalue weighted by Gasteiger charge is 2.33. The van der Waals surface area contributed by atoms with E-state index in [1.165, 1.54) is 0 Å². The van der Waals surface area contributed by atoms with Gasteiger partial charge in [0.05, 0.1) is 12.6 Å². The van der Waals surface area contributed by atoms with Gasteiger partial charge >= 0.3 is 6.18 Å². The number of nitrogens with zero attached hydrogens (tertiary/aromatic N) is 2. The van der Waals surface area contributed by atoms with E-state index in [1.807, 2.05) is 24.4 Å². The summed E-state index contributed by atoms with van der Waals surface area (Å²) in [5.74, 6) is 0.518. The number of aliphatic imine (C=N–C) groups is 1. The summed E-state index contributed by atoms with van der Waals surface area (Å²) in [6.07, 6.45) is -4.40. The van der Waals surface area contributed by atoms with Crippen LogP contribution >= 0.6 is 46.7 Å². The molecule has 0 aliphatic rings. The monoisotopic (exact) mass is 476 g/mol. The van der Waals surface area contributed by atoms with E-state index in [0.29, 0.717) is 11.0 Å². The molecule has 4 nitrogen and oxygen atoms in total. The molecule has 0 spiro atoms. The van der Waals surface area contributed by atoms with Gasteiger partial charge in [-0.25, -0.2) is 4.98 Å². The van der Waals surface area contributed by atoms with Gasteiger partial charge in [0.2, 0.25) is 0 Å². The standard InChI is InChI=1S/C13H15F3N4S2.HI/c1-8(9-4-3-5-21-9)19-12(17-2)18-6-11-20-10(7-22-11)13(14,15)16;/h3-5,7-8H,6H2,1-2H3,(H2,17,18,19);1H. The average Bonchev–Trinajstić information content (AvgIpc) is 3.12.